The van der Waals surface area contributed by atoms with E-state index in [1.54, 1.807) is 19.0 Å². The van der Waals surface area contributed by atoms with Crippen molar-refractivity contribution in [2.24, 2.45) is 0 Å². The van der Waals surface area contributed by atoms with Gasteiger partial charge in [-0.1, -0.05) is 27.7 Å². The molecule has 0 aromatic heterocycles. The maximum absolute atomic E-state index is 8.24. The molecule has 0 spiro atoms. The molecule has 0 saturated carbocycles. The summed E-state index contributed by atoms with van der Waals surface area (Å²) in [5.41, 5.74) is 0. The highest BCUT2D eigenvalue weighted by atomic mass is 16.5. The van der Waals surface area contributed by atoms with Gasteiger partial charge in [0.05, 0.1) is 0 Å². The molecule has 0 saturated heterocycles. The van der Waals surface area contributed by atoms with Crippen LogP contribution in [0.4, 0.5) is 0 Å². The lowest BCUT2D eigenvalue weighted by Gasteiger charge is -2.09. The molecule has 0 aromatic carbocycles. The van der Waals surface area contributed by atoms with Crippen molar-refractivity contribution < 1.29 is 10.2 Å². The highest BCUT2D eigenvalue weighted by molar-refractivity contribution is 4.40. The van der Waals surface area contributed by atoms with Gasteiger partial charge in [0.2, 0.25) is 0 Å². The van der Waals surface area contributed by atoms with Gasteiger partial charge in [0.15, 0.2) is 6.29 Å². The molecule has 0 aliphatic rings. The minimum absolute atomic E-state index is 0.306. The summed E-state index contributed by atoms with van der Waals surface area (Å²) in [7, 11) is 3.55. The maximum Gasteiger partial charge on any atom is 0.164 e. The molecule has 0 aliphatic carbocycles. The molecule has 0 unspecified atom stereocenters. The molecule has 0 aliphatic heterocycles. The van der Waals surface area contributed by atoms with Gasteiger partial charge in [0, 0.05) is 6.54 Å². The van der Waals surface area contributed by atoms with Gasteiger partial charge < -0.3 is 15.1 Å². The SMILES string of the molecule is CC.CC.CN(C)CC(O)O. The highest BCUT2D eigenvalue weighted by Crippen LogP contribution is 1.76. The molecule has 3 nitrogen and oxygen atoms in total. The quantitative estimate of drug-likeness (QED) is 0.598. The van der Waals surface area contributed by atoms with Crippen LogP contribution >= 0.6 is 0 Å². The smallest absolute Gasteiger partial charge is 0.164 e. The van der Waals surface area contributed by atoms with E-state index in [2.05, 4.69) is 0 Å². The molecule has 11 heavy (non-hydrogen) atoms. The predicted molar refractivity (Wildman–Crippen MR) is 49.5 cm³/mol. The fraction of sp³-hybridized carbons (Fsp3) is 1.00. The zero-order chi connectivity index (χ0) is 9.86. The van der Waals surface area contributed by atoms with Crippen LogP contribution in [0, 0.1) is 0 Å². The monoisotopic (exact) mass is 165 g/mol. The maximum atomic E-state index is 8.24. The first-order chi connectivity index (χ1) is 5.13. The van der Waals surface area contributed by atoms with E-state index in [1.165, 1.54) is 0 Å². The third-order valence-corrected chi connectivity index (χ3v) is 0.528. The number of aliphatic hydroxyl groups excluding tert-OH is 1. The number of likely N-dealkylation sites (N-methyl/N-ethyl adjacent to an activating group) is 1. The Kier molecular flexibility index (Phi) is 25.6. The Labute approximate surface area is 70.7 Å². The Morgan fingerprint density at radius 1 is 1.00 bits per heavy atom. The molecule has 0 rings (SSSR count). The van der Waals surface area contributed by atoms with Crippen LogP contribution < -0.4 is 0 Å². The van der Waals surface area contributed by atoms with Gasteiger partial charge in [0.1, 0.15) is 0 Å². The average molecular weight is 165 g/mol. The largest absolute Gasteiger partial charge is 0.367 e. The third-order valence-electron chi connectivity index (χ3n) is 0.528. The Balaban J connectivity index is -0.000000138. The van der Waals surface area contributed by atoms with Gasteiger partial charge in [-0.25, -0.2) is 0 Å². The van der Waals surface area contributed by atoms with Gasteiger partial charge in [-0.3, -0.25) is 0 Å². The summed E-state index contributed by atoms with van der Waals surface area (Å²) in [6.07, 6.45) is -1.20. The summed E-state index contributed by atoms with van der Waals surface area (Å²) in [6, 6.07) is 0. The molecule has 0 bridgehead atoms. The summed E-state index contributed by atoms with van der Waals surface area (Å²) in [4.78, 5) is 1.70. The van der Waals surface area contributed by atoms with Crippen molar-refractivity contribution >= 4 is 0 Å². The van der Waals surface area contributed by atoms with Crippen LogP contribution in [0.3, 0.4) is 0 Å². The fourth-order valence-corrected chi connectivity index (χ4v) is 0.327. The number of nitrogens with zero attached hydrogens (tertiary/aromatic N) is 1. The molecule has 72 valence electrons. The number of rotatable bonds is 2. The van der Waals surface area contributed by atoms with E-state index in [0.717, 1.165) is 0 Å². The van der Waals surface area contributed by atoms with Crippen molar-refractivity contribution in [1.29, 1.82) is 0 Å². The second kappa shape index (κ2) is 16.5. The summed E-state index contributed by atoms with van der Waals surface area (Å²) >= 11 is 0. The second-order valence-corrected chi connectivity index (χ2v) is 1.74. The lowest BCUT2D eigenvalue weighted by Crippen LogP contribution is -2.24. The third kappa shape index (κ3) is 40.8. The second-order valence-electron chi connectivity index (χ2n) is 1.74. The van der Waals surface area contributed by atoms with Crippen LogP contribution in [0.15, 0.2) is 0 Å². The topological polar surface area (TPSA) is 43.7 Å². The van der Waals surface area contributed by atoms with E-state index in [1.807, 2.05) is 27.7 Å². The number of hydrogen-bond donors (Lipinski definition) is 2. The average Bonchev–Trinajstić information content (AvgIpc) is 1.93. The van der Waals surface area contributed by atoms with Crippen LogP contribution in [0.5, 0.6) is 0 Å². The van der Waals surface area contributed by atoms with Crippen molar-refractivity contribution in [3.8, 4) is 0 Å². The molecule has 0 radical (unpaired) electrons. The first kappa shape index (κ1) is 17.1. The van der Waals surface area contributed by atoms with Gasteiger partial charge in [0.25, 0.3) is 0 Å². The zero-order valence-electron chi connectivity index (χ0n) is 8.63. The molecule has 2 N–H and O–H groups in total. The number of hydrogen-bond acceptors (Lipinski definition) is 3. The molecule has 0 atom stereocenters. The van der Waals surface area contributed by atoms with Crippen LogP contribution in [-0.2, 0) is 0 Å². The van der Waals surface area contributed by atoms with Crippen molar-refractivity contribution in [3.05, 3.63) is 0 Å². The predicted octanol–water partition coefficient (Wildman–Crippen LogP) is 0.911. The van der Waals surface area contributed by atoms with E-state index in [9.17, 15) is 0 Å². The lowest BCUT2D eigenvalue weighted by molar-refractivity contribution is -0.0537. The van der Waals surface area contributed by atoms with Gasteiger partial charge in [-0.2, -0.15) is 0 Å². The summed E-state index contributed by atoms with van der Waals surface area (Å²) in [5, 5.41) is 16.5. The van der Waals surface area contributed by atoms with Crippen LogP contribution in [0.1, 0.15) is 27.7 Å². The van der Waals surface area contributed by atoms with Gasteiger partial charge in [-0.15, -0.1) is 0 Å². The molecule has 3 heteroatoms. The molecular formula is C8H23NO2. The Morgan fingerprint density at radius 2 is 1.27 bits per heavy atom. The number of aliphatic hydroxyl groups is 2. The van der Waals surface area contributed by atoms with Crippen molar-refractivity contribution in [2.75, 3.05) is 20.6 Å². The first-order valence-electron chi connectivity index (χ1n) is 4.14. The molecule has 0 heterocycles. The Hall–Kier alpha value is -0.120. The molecule has 0 aromatic rings. The van der Waals surface area contributed by atoms with E-state index < -0.39 is 6.29 Å². The summed E-state index contributed by atoms with van der Waals surface area (Å²) < 4.78 is 0. The van der Waals surface area contributed by atoms with Crippen molar-refractivity contribution in [2.45, 2.75) is 34.0 Å². The zero-order valence-corrected chi connectivity index (χ0v) is 8.63. The molecule has 0 amide bonds. The van der Waals surface area contributed by atoms with E-state index in [0.29, 0.717) is 6.54 Å². The van der Waals surface area contributed by atoms with E-state index in [4.69, 9.17) is 10.2 Å². The summed E-state index contributed by atoms with van der Waals surface area (Å²) in [6.45, 7) is 8.31. The molecule has 0 fully saturated rings. The van der Waals surface area contributed by atoms with Gasteiger partial charge in [-0.05, 0) is 14.1 Å². The Morgan fingerprint density at radius 3 is 1.27 bits per heavy atom. The fourth-order valence-electron chi connectivity index (χ4n) is 0.327. The summed E-state index contributed by atoms with van der Waals surface area (Å²) in [5.74, 6) is 0. The minimum Gasteiger partial charge on any atom is -0.367 e. The van der Waals surface area contributed by atoms with Crippen LogP contribution in [0.25, 0.3) is 0 Å². The highest BCUT2D eigenvalue weighted by Gasteiger charge is 1.95. The standard InChI is InChI=1S/C4H11NO2.2C2H6/c1-5(2)3-4(6)7;2*1-2/h4,6-7H,3H2,1-2H3;2*1-2H3. The first-order valence-corrected chi connectivity index (χ1v) is 4.14. The van der Waals surface area contributed by atoms with Crippen LogP contribution in [0.2, 0.25) is 0 Å². The van der Waals surface area contributed by atoms with Gasteiger partial charge >= 0.3 is 0 Å². The van der Waals surface area contributed by atoms with E-state index in [-0.39, 0.29) is 0 Å². The molecular weight excluding hydrogens is 142 g/mol. The Bertz CT molecular complexity index is 41.4. The van der Waals surface area contributed by atoms with E-state index >= 15 is 0 Å². The van der Waals surface area contributed by atoms with Crippen molar-refractivity contribution in [1.82, 2.24) is 4.90 Å². The normalized spacial score (nSPS) is 8.18. The van der Waals surface area contributed by atoms with Crippen LogP contribution in [-0.4, -0.2) is 42.0 Å². The van der Waals surface area contributed by atoms with Crippen molar-refractivity contribution in [3.63, 3.8) is 0 Å². The lowest BCUT2D eigenvalue weighted by atomic mass is 10.6. The minimum atomic E-state index is -1.20.